The number of aromatic hydroxyl groups is 1. The second-order valence-corrected chi connectivity index (χ2v) is 10.3. The first-order valence-electron chi connectivity index (χ1n) is 13.0. The minimum atomic E-state index is 0.0162. The third-order valence-electron chi connectivity index (χ3n) is 7.99. The average molecular weight is 461 g/mol. The SMILES string of the molecule is C=CCN1CC[C@@]2(c3cccc(O)c3)C[C@H](NC(=O)CCCCCc3ccccc3)CC[C@@H]2C1. The van der Waals surface area contributed by atoms with Crippen molar-refractivity contribution in [2.75, 3.05) is 19.6 Å². The Kier molecular flexibility index (Phi) is 8.44. The average Bonchev–Trinajstić information content (AvgIpc) is 2.85. The predicted molar refractivity (Wildman–Crippen MR) is 139 cm³/mol. The van der Waals surface area contributed by atoms with Crippen molar-refractivity contribution in [3.8, 4) is 5.75 Å². The molecule has 4 rings (SSSR count). The van der Waals surface area contributed by atoms with Crippen molar-refractivity contribution >= 4 is 5.91 Å². The smallest absolute Gasteiger partial charge is 0.220 e. The molecule has 1 aliphatic carbocycles. The summed E-state index contributed by atoms with van der Waals surface area (Å²) in [5.41, 5.74) is 2.62. The molecule has 2 aromatic rings. The highest BCUT2D eigenvalue weighted by molar-refractivity contribution is 5.76. The molecular weight excluding hydrogens is 420 g/mol. The fourth-order valence-electron chi connectivity index (χ4n) is 6.24. The zero-order valence-corrected chi connectivity index (χ0v) is 20.4. The Hall–Kier alpha value is -2.59. The molecule has 34 heavy (non-hydrogen) atoms. The number of amides is 1. The fourth-order valence-corrected chi connectivity index (χ4v) is 6.24. The van der Waals surface area contributed by atoms with E-state index < -0.39 is 0 Å². The number of carbonyl (C=O) groups is 1. The molecule has 1 saturated carbocycles. The normalized spacial score (nSPS) is 24.8. The van der Waals surface area contributed by atoms with Crippen LogP contribution in [0.1, 0.15) is 62.5 Å². The van der Waals surface area contributed by atoms with Crippen LogP contribution in [-0.4, -0.2) is 41.6 Å². The first-order valence-corrected chi connectivity index (χ1v) is 13.0. The topological polar surface area (TPSA) is 52.6 Å². The number of nitrogens with one attached hydrogen (secondary N) is 1. The lowest BCUT2D eigenvalue weighted by molar-refractivity contribution is -0.122. The van der Waals surface area contributed by atoms with Crippen molar-refractivity contribution in [3.63, 3.8) is 0 Å². The number of piperidine rings is 1. The van der Waals surface area contributed by atoms with Crippen LogP contribution >= 0.6 is 0 Å². The second kappa shape index (κ2) is 11.7. The van der Waals surface area contributed by atoms with E-state index in [1.54, 1.807) is 6.07 Å². The van der Waals surface area contributed by atoms with E-state index >= 15 is 0 Å². The Morgan fingerprint density at radius 2 is 1.97 bits per heavy atom. The molecule has 2 fully saturated rings. The monoisotopic (exact) mass is 460 g/mol. The van der Waals surface area contributed by atoms with Crippen LogP contribution in [0.2, 0.25) is 0 Å². The predicted octanol–water partition coefficient (Wildman–Crippen LogP) is 5.61. The molecule has 0 radical (unpaired) electrons. The van der Waals surface area contributed by atoms with Gasteiger partial charge in [-0.15, -0.1) is 6.58 Å². The number of benzene rings is 2. The summed E-state index contributed by atoms with van der Waals surface area (Å²) in [7, 11) is 0. The second-order valence-electron chi connectivity index (χ2n) is 10.3. The summed E-state index contributed by atoms with van der Waals surface area (Å²) in [5.74, 6) is 1.06. The molecule has 2 N–H and O–H groups in total. The van der Waals surface area contributed by atoms with E-state index in [-0.39, 0.29) is 17.4 Å². The number of likely N-dealkylation sites (tertiary alicyclic amines) is 1. The van der Waals surface area contributed by atoms with E-state index in [1.165, 1.54) is 11.1 Å². The number of phenols is 1. The van der Waals surface area contributed by atoms with Crippen LogP contribution in [0.15, 0.2) is 67.3 Å². The van der Waals surface area contributed by atoms with E-state index in [0.29, 0.717) is 18.1 Å². The number of aryl methyl sites for hydroxylation is 1. The Labute approximate surface area is 205 Å². The van der Waals surface area contributed by atoms with Crippen LogP contribution in [0.4, 0.5) is 0 Å². The van der Waals surface area contributed by atoms with Crippen molar-refractivity contribution in [2.45, 2.75) is 69.2 Å². The van der Waals surface area contributed by atoms with Gasteiger partial charge in [-0.05, 0) is 80.7 Å². The van der Waals surface area contributed by atoms with Gasteiger partial charge in [0.15, 0.2) is 0 Å². The summed E-state index contributed by atoms with van der Waals surface area (Å²) >= 11 is 0. The molecule has 0 aromatic heterocycles. The van der Waals surface area contributed by atoms with Crippen LogP contribution in [0.25, 0.3) is 0 Å². The summed E-state index contributed by atoms with van der Waals surface area (Å²) in [6.45, 7) is 6.93. The molecule has 4 heteroatoms. The maximum atomic E-state index is 12.8. The van der Waals surface area contributed by atoms with Gasteiger partial charge < -0.3 is 10.4 Å². The lowest BCUT2D eigenvalue weighted by Gasteiger charge is -2.53. The molecule has 4 nitrogen and oxygen atoms in total. The maximum absolute atomic E-state index is 12.8. The largest absolute Gasteiger partial charge is 0.508 e. The van der Waals surface area contributed by atoms with Crippen LogP contribution in [0.3, 0.4) is 0 Å². The van der Waals surface area contributed by atoms with E-state index in [4.69, 9.17) is 0 Å². The fraction of sp³-hybridized carbons (Fsp3) is 0.500. The van der Waals surface area contributed by atoms with Crippen molar-refractivity contribution in [2.24, 2.45) is 5.92 Å². The highest BCUT2D eigenvalue weighted by atomic mass is 16.3. The summed E-state index contributed by atoms with van der Waals surface area (Å²) in [4.78, 5) is 15.3. The molecule has 2 aromatic carbocycles. The standard InChI is InChI=1S/C30H40N2O2/c1-2-19-32-20-18-30(25-13-9-14-28(33)21-25)22-27(17-16-26(30)23-32)31-29(34)15-8-4-7-12-24-10-5-3-6-11-24/h2-3,5-6,9-11,13-14,21,26-27,33H,1,4,7-8,12,15-20,22-23H2,(H,31,34)/t26-,27-,30+/m1/s1. The van der Waals surface area contributed by atoms with Gasteiger partial charge in [-0.1, -0.05) is 55.0 Å². The minimum absolute atomic E-state index is 0.0162. The van der Waals surface area contributed by atoms with Crippen LogP contribution in [0, 0.1) is 5.92 Å². The molecule has 1 aliphatic heterocycles. The van der Waals surface area contributed by atoms with Gasteiger partial charge in [0.25, 0.3) is 0 Å². The van der Waals surface area contributed by atoms with Gasteiger partial charge in [-0.2, -0.15) is 0 Å². The van der Waals surface area contributed by atoms with E-state index in [9.17, 15) is 9.90 Å². The molecule has 3 atom stereocenters. The van der Waals surface area contributed by atoms with Gasteiger partial charge >= 0.3 is 0 Å². The summed E-state index contributed by atoms with van der Waals surface area (Å²) in [5, 5.41) is 13.6. The van der Waals surface area contributed by atoms with Crippen LogP contribution < -0.4 is 5.32 Å². The van der Waals surface area contributed by atoms with Crippen molar-refractivity contribution in [3.05, 3.63) is 78.4 Å². The molecule has 182 valence electrons. The molecule has 2 aliphatic rings. The maximum Gasteiger partial charge on any atom is 0.220 e. The number of hydrogen-bond acceptors (Lipinski definition) is 3. The van der Waals surface area contributed by atoms with Gasteiger partial charge in [0.05, 0.1) is 0 Å². The minimum Gasteiger partial charge on any atom is -0.508 e. The van der Waals surface area contributed by atoms with E-state index in [0.717, 1.165) is 71.0 Å². The first kappa shape index (κ1) is 24.5. The van der Waals surface area contributed by atoms with E-state index in [2.05, 4.69) is 53.2 Å². The van der Waals surface area contributed by atoms with Crippen molar-refractivity contribution in [1.29, 1.82) is 0 Å². The molecule has 1 heterocycles. The third kappa shape index (κ3) is 6.09. The lowest BCUT2D eigenvalue weighted by Crippen LogP contribution is -2.56. The summed E-state index contributed by atoms with van der Waals surface area (Å²) < 4.78 is 0. The first-order chi connectivity index (χ1) is 16.6. The molecule has 0 spiro atoms. The van der Waals surface area contributed by atoms with Crippen LogP contribution in [0.5, 0.6) is 5.75 Å². The Balaban J connectivity index is 1.32. The van der Waals surface area contributed by atoms with Gasteiger partial charge in [-0.25, -0.2) is 0 Å². The highest BCUT2D eigenvalue weighted by Gasteiger charge is 2.48. The number of carbonyl (C=O) groups excluding carboxylic acids is 1. The van der Waals surface area contributed by atoms with Gasteiger partial charge in [-0.3, -0.25) is 9.69 Å². The zero-order valence-electron chi connectivity index (χ0n) is 20.4. The zero-order chi connectivity index (χ0) is 23.8. The summed E-state index contributed by atoms with van der Waals surface area (Å²) in [6, 6.07) is 18.6. The third-order valence-corrected chi connectivity index (χ3v) is 7.99. The Morgan fingerprint density at radius 1 is 1.12 bits per heavy atom. The number of rotatable bonds is 10. The highest BCUT2D eigenvalue weighted by Crippen LogP contribution is 2.49. The van der Waals surface area contributed by atoms with Crippen molar-refractivity contribution < 1.29 is 9.90 Å². The molecule has 0 bridgehead atoms. The quantitative estimate of drug-likeness (QED) is 0.358. The number of hydrogen-bond donors (Lipinski definition) is 2. The number of nitrogens with zero attached hydrogens (tertiary/aromatic N) is 1. The van der Waals surface area contributed by atoms with E-state index in [1.807, 2.05) is 18.2 Å². The van der Waals surface area contributed by atoms with Crippen molar-refractivity contribution in [1.82, 2.24) is 10.2 Å². The molecule has 1 amide bonds. The summed E-state index contributed by atoms with van der Waals surface area (Å²) in [6.07, 6.45) is 11.0. The molecule has 0 unspecified atom stereocenters. The number of phenolic OH excluding ortho intramolecular Hbond substituents is 1. The Morgan fingerprint density at radius 3 is 2.76 bits per heavy atom. The Bertz CT molecular complexity index is 944. The van der Waals surface area contributed by atoms with Gasteiger partial charge in [0.1, 0.15) is 5.75 Å². The molecular formula is C30H40N2O2. The van der Waals surface area contributed by atoms with Gasteiger partial charge in [0.2, 0.25) is 5.91 Å². The molecule has 1 saturated heterocycles. The number of fused-ring (bicyclic) bond motifs is 1. The van der Waals surface area contributed by atoms with Crippen LogP contribution in [-0.2, 0) is 16.6 Å². The lowest BCUT2D eigenvalue weighted by atomic mass is 9.58. The number of unbranched alkanes of at least 4 members (excludes halogenated alkanes) is 2. The van der Waals surface area contributed by atoms with Gasteiger partial charge in [0, 0.05) is 31.0 Å².